The van der Waals surface area contributed by atoms with Gasteiger partial charge in [-0.1, -0.05) is 17.2 Å². The van der Waals surface area contributed by atoms with Crippen molar-refractivity contribution in [3.8, 4) is 0 Å². The van der Waals surface area contributed by atoms with Crippen LogP contribution in [0.1, 0.15) is 18.1 Å². The van der Waals surface area contributed by atoms with E-state index in [1.165, 1.54) is 10.7 Å². The predicted molar refractivity (Wildman–Crippen MR) is 78.2 cm³/mol. The number of hydrogen-bond donors (Lipinski definition) is 1. The number of benzene rings is 1. The predicted octanol–water partition coefficient (Wildman–Crippen LogP) is 1.06. The fraction of sp³-hybridized carbons (Fsp3) is 0.429. The SMILES string of the molecule is CC1CN(c2nnnn2Cc2cccc(C(F)(F)F)c2)CC(=O)N1. The summed E-state index contributed by atoms with van der Waals surface area (Å²) in [7, 11) is 0. The number of tetrazole rings is 1. The maximum atomic E-state index is 12.8. The van der Waals surface area contributed by atoms with Crippen LogP contribution in [-0.4, -0.2) is 45.2 Å². The average Bonchev–Trinajstić information content (AvgIpc) is 2.94. The number of anilines is 1. The first kappa shape index (κ1) is 16.2. The summed E-state index contributed by atoms with van der Waals surface area (Å²) >= 11 is 0. The van der Waals surface area contributed by atoms with Crippen molar-refractivity contribution >= 4 is 11.9 Å². The smallest absolute Gasteiger partial charge is 0.350 e. The quantitative estimate of drug-likeness (QED) is 0.904. The fourth-order valence-corrected chi connectivity index (χ4v) is 2.63. The fourth-order valence-electron chi connectivity index (χ4n) is 2.63. The summed E-state index contributed by atoms with van der Waals surface area (Å²) in [5, 5.41) is 14.1. The van der Waals surface area contributed by atoms with E-state index in [1.54, 1.807) is 11.0 Å². The Morgan fingerprint density at radius 3 is 2.88 bits per heavy atom. The van der Waals surface area contributed by atoms with E-state index < -0.39 is 11.7 Å². The molecule has 1 fully saturated rings. The Labute approximate surface area is 135 Å². The third kappa shape index (κ3) is 3.47. The van der Waals surface area contributed by atoms with E-state index in [-0.39, 0.29) is 25.0 Å². The monoisotopic (exact) mass is 340 g/mol. The lowest BCUT2D eigenvalue weighted by Gasteiger charge is -2.31. The molecule has 0 bridgehead atoms. The Balaban J connectivity index is 1.83. The van der Waals surface area contributed by atoms with Crippen LogP contribution in [0, 0.1) is 0 Å². The van der Waals surface area contributed by atoms with Gasteiger partial charge >= 0.3 is 6.18 Å². The molecule has 24 heavy (non-hydrogen) atoms. The van der Waals surface area contributed by atoms with Crippen LogP contribution in [0.5, 0.6) is 0 Å². The van der Waals surface area contributed by atoms with E-state index in [4.69, 9.17) is 0 Å². The molecule has 2 aromatic rings. The molecule has 3 rings (SSSR count). The van der Waals surface area contributed by atoms with E-state index in [0.29, 0.717) is 18.1 Å². The maximum absolute atomic E-state index is 12.8. The minimum Gasteiger partial charge on any atom is -0.350 e. The van der Waals surface area contributed by atoms with E-state index in [9.17, 15) is 18.0 Å². The summed E-state index contributed by atoms with van der Waals surface area (Å²) < 4.78 is 39.8. The van der Waals surface area contributed by atoms with Crippen LogP contribution in [0.3, 0.4) is 0 Å². The van der Waals surface area contributed by atoms with Gasteiger partial charge < -0.3 is 10.2 Å². The standard InChI is InChI=1S/C14H15F3N6O/c1-9-6-22(8-12(24)18-9)13-19-20-21-23(13)7-10-3-2-4-11(5-10)14(15,16)17/h2-5,9H,6-8H2,1H3,(H,18,24). The van der Waals surface area contributed by atoms with Crippen LogP contribution < -0.4 is 10.2 Å². The van der Waals surface area contributed by atoms with Crippen molar-refractivity contribution in [2.24, 2.45) is 0 Å². The third-order valence-electron chi connectivity index (χ3n) is 3.62. The molecule has 1 saturated heterocycles. The lowest BCUT2D eigenvalue weighted by atomic mass is 10.1. The highest BCUT2D eigenvalue weighted by Crippen LogP contribution is 2.29. The van der Waals surface area contributed by atoms with Gasteiger partial charge in [-0.3, -0.25) is 4.79 Å². The number of amides is 1. The summed E-state index contributed by atoms with van der Waals surface area (Å²) in [6.45, 7) is 2.56. The number of aromatic nitrogens is 4. The van der Waals surface area contributed by atoms with Gasteiger partial charge in [0.15, 0.2) is 0 Å². The second kappa shape index (κ2) is 6.10. The van der Waals surface area contributed by atoms with Gasteiger partial charge in [0.2, 0.25) is 11.9 Å². The molecule has 10 heteroatoms. The summed E-state index contributed by atoms with van der Waals surface area (Å²) in [6, 6.07) is 4.94. The van der Waals surface area contributed by atoms with Gasteiger partial charge in [-0.25, -0.2) is 4.68 Å². The highest BCUT2D eigenvalue weighted by atomic mass is 19.4. The molecule has 128 valence electrons. The van der Waals surface area contributed by atoms with Crippen LogP contribution in [0.2, 0.25) is 0 Å². The van der Waals surface area contributed by atoms with Gasteiger partial charge in [0, 0.05) is 12.6 Å². The number of nitrogens with one attached hydrogen (secondary N) is 1. The summed E-state index contributed by atoms with van der Waals surface area (Å²) in [5.74, 6) is 0.205. The number of piperazine rings is 1. The van der Waals surface area contributed by atoms with Crippen molar-refractivity contribution in [2.75, 3.05) is 18.0 Å². The number of halogens is 3. The highest BCUT2D eigenvalue weighted by molar-refractivity contribution is 5.82. The largest absolute Gasteiger partial charge is 0.416 e. The van der Waals surface area contributed by atoms with Crippen molar-refractivity contribution in [2.45, 2.75) is 25.7 Å². The zero-order chi connectivity index (χ0) is 17.3. The first-order valence-corrected chi connectivity index (χ1v) is 7.29. The zero-order valence-electron chi connectivity index (χ0n) is 12.8. The van der Waals surface area contributed by atoms with Crippen LogP contribution in [0.25, 0.3) is 0 Å². The second-order valence-electron chi connectivity index (χ2n) is 5.68. The van der Waals surface area contributed by atoms with Crippen molar-refractivity contribution in [3.05, 3.63) is 35.4 Å². The second-order valence-corrected chi connectivity index (χ2v) is 5.68. The number of rotatable bonds is 3. The van der Waals surface area contributed by atoms with E-state index in [1.807, 2.05) is 6.92 Å². The topological polar surface area (TPSA) is 75.9 Å². The van der Waals surface area contributed by atoms with Crippen molar-refractivity contribution < 1.29 is 18.0 Å². The molecular weight excluding hydrogens is 325 g/mol. The van der Waals surface area contributed by atoms with Gasteiger partial charge in [-0.15, -0.1) is 0 Å². The summed E-state index contributed by atoms with van der Waals surface area (Å²) in [5.41, 5.74) is -0.298. The first-order chi connectivity index (χ1) is 11.3. The molecule has 1 aromatic heterocycles. The molecule has 0 radical (unpaired) electrons. The molecule has 0 spiro atoms. The summed E-state index contributed by atoms with van der Waals surface area (Å²) in [4.78, 5) is 13.4. The molecule has 7 nitrogen and oxygen atoms in total. The lowest BCUT2D eigenvalue weighted by molar-refractivity contribution is -0.137. The number of hydrogen-bond acceptors (Lipinski definition) is 5. The van der Waals surface area contributed by atoms with E-state index in [0.717, 1.165) is 12.1 Å². The van der Waals surface area contributed by atoms with Crippen LogP contribution in [-0.2, 0) is 17.5 Å². The van der Waals surface area contributed by atoms with Gasteiger partial charge in [0.05, 0.1) is 18.7 Å². The number of carbonyl (C=O) groups is 1. The molecule has 1 aliphatic rings. The minimum absolute atomic E-state index is 0.0649. The van der Waals surface area contributed by atoms with Gasteiger partial charge in [-0.2, -0.15) is 13.2 Å². The van der Waals surface area contributed by atoms with Gasteiger partial charge in [0.25, 0.3) is 0 Å². The Kier molecular flexibility index (Phi) is 4.12. The molecule has 0 aliphatic carbocycles. The maximum Gasteiger partial charge on any atom is 0.416 e. The number of carbonyl (C=O) groups excluding carboxylic acids is 1. The van der Waals surface area contributed by atoms with Gasteiger partial charge in [-0.05, 0) is 35.0 Å². The highest BCUT2D eigenvalue weighted by Gasteiger charge is 2.30. The minimum atomic E-state index is -4.40. The van der Waals surface area contributed by atoms with Crippen molar-refractivity contribution in [1.29, 1.82) is 0 Å². The molecular formula is C14H15F3N6O. The lowest BCUT2D eigenvalue weighted by Crippen LogP contribution is -2.53. The van der Waals surface area contributed by atoms with E-state index >= 15 is 0 Å². The number of alkyl halides is 3. The Hall–Kier alpha value is -2.65. The van der Waals surface area contributed by atoms with Crippen molar-refractivity contribution in [1.82, 2.24) is 25.5 Å². The van der Waals surface area contributed by atoms with Crippen LogP contribution in [0.4, 0.5) is 19.1 Å². The Morgan fingerprint density at radius 1 is 1.38 bits per heavy atom. The molecule has 0 saturated carbocycles. The Morgan fingerprint density at radius 2 is 2.17 bits per heavy atom. The first-order valence-electron chi connectivity index (χ1n) is 7.29. The molecule has 1 unspecified atom stereocenters. The van der Waals surface area contributed by atoms with Crippen LogP contribution >= 0.6 is 0 Å². The van der Waals surface area contributed by atoms with Gasteiger partial charge in [0.1, 0.15) is 0 Å². The normalized spacial score (nSPS) is 18.6. The molecule has 2 heterocycles. The molecule has 1 N–H and O–H groups in total. The average molecular weight is 340 g/mol. The zero-order valence-corrected chi connectivity index (χ0v) is 12.8. The third-order valence-corrected chi connectivity index (χ3v) is 3.62. The molecule has 1 atom stereocenters. The molecule has 1 aromatic carbocycles. The van der Waals surface area contributed by atoms with Crippen molar-refractivity contribution in [3.63, 3.8) is 0 Å². The van der Waals surface area contributed by atoms with Crippen LogP contribution in [0.15, 0.2) is 24.3 Å². The molecule has 1 aliphatic heterocycles. The van der Waals surface area contributed by atoms with E-state index in [2.05, 4.69) is 20.8 Å². The summed E-state index contributed by atoms with van der Waals surface area (Å²) in [6.07, 6.45) is -4.40. The Bertz CT molecular complexity index is 744. The number of nitrogens with zero attached hydrogens (tertiary/aromatic N) is 5. The molecule has 1 amide bonds.